The summed E-state index contributed by atoms with van der Waals surface area (Å²) < 4.78 is 12.0. The Kier molecular flexibility index (Phi) is 6.50. The van der Waals surface area contributed by atoms with E-state index in [-0.39, 0.29) is 11.1 Å². The van der Waals surface area contributed by atoms with E-state index in [9.17, 15) is 9.59 Å². The summed E-state index contributed by atoms with van der Waals surface area (Å²) in [6, 6.07) is 22.4. The van der Waals surface area contributed by atoms with E-state index in [1.54, 1.807) is 24.3 Å². The van der Waals surface area contributed by atoms with E-state index < -0.39 is 11.9 Å². The minimum atomic E-state index is -0.601. The monoisotopic (exact) mass is 502 g/mol. The van der Waals surface area contributed by atoms with Crippen molar-refractivity contribution in [2.75, 3.05) is 0 Å². The fourth-order valence-corrected chi connectivity index (χ4v) is 5.12. The third kappa shape index (κ3) is 4.12. The van der Waals surface area contributed by atoms with Gasteiger partial charge in [-0.25, -0.2) is 9.59 Å². The van der Waals surface area contributed by atoms with E-state index in [4.69, 9.17) is 9.47 Å². The number of hydrogen-bond acceptors (Lipinski definition) is 4. The van der Waals surface area contributed by atoms with Gasteiger partial charge in [-0.2, -0.15) is 0 Å². The van der Waals surface area contributed by atoms with Crippen LogP contribution in [0.1, 0.15) is 54.1 Å². The quantitative estimate of drug-likeness (QED) is 0.183. The third-order valence-electron chi connectivity index (χ3n) is 7.84. The van der Waals surface area contributed by atoms with Crippen molar-refractivity contribution >= 4 is 33.5 Å². The molecule has 0 aliphatic heterocycles. The van der Waals surface area contributed by atoms with E-state index in [1.165, 1.54) is 0 Å². The van der Waals surface area contributed by atoms with Crippen LogP contribution < -0.4 is 9.47 Å². The smallest absolute Gasteiger partial charge is 0.344 e. The number of benzene rings is 5. The van der Waals surface area contributed by atoms with Gasteiger partial charge in [0.1, 0.15) is 11.5 Å². The second-order valence-electron chi connectivity index (χ2n) is 9.82. The van der Waals surface area contributed by atoms with Crippen LogP contribution in [0.4, 0.5) is 0 Å². The van der Waals surface area contributed by atoms with Crippen molar-refractivity contribution in [2.24, 2.45) is 0 Å². The molecule has 5 aromatic carbocycles. The van der Waals surface area contributed by atoms with Crippen LogP contribution in [-0.4, -0.2) is 11.9 Å². The molecule has 0 bridgehead atoms. The highest BCUT2D eigenvalue weighted by Gasteiger charge is 2.24. The van der Waals surface area contributed by atoms with Crippen LogP contribution in [0.2, 0.25) is 0 Å². The number of ether oxygens (including phenoxy) is 2. The zero-order chi connectivity index (χ0) is 27.1. The van der Waals surface area contributed by atoms with Gasteiger partial charge in [-0.3, -0.25) is 0 Å². The summed E-state index contributed by atoms with van der Waals surface area (Å²) in [5, 5.41) is 3.78. The van der Waals surface area contributed by atoms with Gasteiger partial charge in [-0.1, -0.05) is 60.7 Å². The zero-order valence-corrected chi connectivity index (χ0v) is 22.6. The SMILES string of the molecule is Cc1c(C)c(OC(=O)c2ccccc2C(=O)Oc2c(C)c(C)c(C)c3ccccc23)c2ccccc2c1C. The van der Waals surface area contributed by atoms with Crippen LogP contribution in [-0.2, 0) is 0 Å². The summed E-state index contributed by atoms with van der Waals surface area (Å²) in [6.07, 6.45) is 0. The Labute approximate surface area is 222 Å². The minimum Gasteiger partial charge on any atom is -0.422 e. The van der Waals surface area contributed by atoms with Gasteiger partial charge in [0.25, 0.3) is 0 Å². The van der Waals surface area contributed by atoms with Gasteiger partial charge in [0.05, 0.1) is 11.1 Å². The third-order valence-corrected chi connectivity index (χ3v) is 7.84. The Bertz CT molecular complexity index is 1630. The summed E-state index contributed by atoms with van der Waals surface area (Å²) in [4.78, 5) is 27.1. The first kappa shape index (κ1) is 25.2. The van der Waals surface area contributed by atoms with Crippen molar-refractivity contribution in [2.45, 2.75) is 41.5 Å². The number of esters is 2. The van der Waals surface area contributed by atoms with Crippen molar-refractivity contribution in [1.82, 2.24) is 0 Å². The molecule has 4 nitrogen and oxygen atoms in total. The molecule has 0 saturated heterocycles. The molecule has 0 atom stereocenters. The van der Waals surface area contributed by atoms with Crippen LogP contribution in [0.15, 0.2) is 72.8 Å². The minimum absolute atomic E-state index is 0.157. The molecule has 0 aliphatic carbocycles. The first-order valence-electron chi connectivity index (χ1n) is 12.7. The maximum Gasteiger partial charge on any atom is 0.344 e. The fraction of sp³-hybridized carbons (Fsp3) is 0.176. The number of carbonyl (C=O) groups is 2. The molecule has 190 valence electrons. The van der Waals surface area contributed by atoms with Crippen molar-refractivity contribution in [1.29, 1.82) is 0 Å². The Hall–Kier alpha value is -4.44. The highest BCUT2D eigenvalue weighted by molar-refractivity contribution is 6.06. The van der Waals surface area contributed by atoms with E-state index >= 15 is 0 Å². The van der Waals surface area contributed by atoms with Gasteiger partial charge in [0.15, 0.2) is 0 Å². The van der Waals surface area contributed by atoms with Crippen LogP contribution in [0.3, 0.4) is 0 Å². The Balaban J connectivity index is 1.54. The first-order valence-corrected chi connectivity index (χ1v) is 12.7. The molecule has 4 heteroatoms. The van der Waals surface area contributed by atoms with Crippen LogP contribution >= 0.6 is 0 Å². The van der Waals surface area contributed by atoms with Crippen LogP contribution in [0, 0.1) is 41.5 Å². The van der Waals surface area contributed by atoms with Crippen LogP contribution in [0.25, 0.3) is 21.5 Å². The van der Waals surface area contributed by atoms with Crippen molar-refractivity contribution < 1.29 is 19.1 Å². The predicted octanol–water partition coefficient (Wildman–Crippen LogP) is 8.28. The molecule has 5 aromatic rings. The zero-order valence-electron chi connectivity index (χ0n) is 22.6. The Morgan fingerprint density at radius 2 is 0.737 bits per heavy atom. The largest absolute Gasteiger partial charge is 0.422 e. The number of carbonyl (C=O) groups excluding carboxylic acids is 2. The van der Waals surface area contributed by atoms with E-state index in [0.29, 0.717) is 11.5 Å². The van der Waals surface area contributed by atoms with Crippen molar-refractivity contribution in [3.8, 4) is 11.5 Å². The molecular formula is C34H30O4. The molecule has 0 N–H and O–H groups in total. The van der Waals surface area contributed by atoms with E-state index in [2.05, 4.69) is 13.8 Å². The van der Waals surface area contributed by atoms with Gasteiger partial charge in [0, 0.05) is 10.8 Å². The molecule has 0 aromatic heterocycles. The lowest BCUT2D eigenvalue weighted by Gasteiger charge is -2.18. The van der Waals surface area contributed by atoms with Gasteiger partial charge in [-0.05, 0) is 97.8 Å². The Morgan fingerprint density at radius 3 is 1.11 bits per heavy atom. The highest BCUT2D eigenvalue weighted by Crippen LogP contribution is 2.37. The molecule has 0 radical (unpaired) electrons. The maximum atomic E-state index is 13.5. The molecule has 0 spiro atoms. The highest BCUT2D eigenvalue weighted by atomic mass is 16.5. The lowest BCUT2D eigenvalue weighted by Crippen LogP contribution is -2.18. The number of aryl methyl sites for hydroxylation is 2. The standard InChI is InChI=1S/C34H30O4/c1-19-21(3)25-13-7-9-15-27(25)31(23(19)5)37-33(35)29-17-11-12-18-30(29)34(36)38-32-24(6)20(2)22(4)26-14-8-10-16-28(26)32/h7-18H,1-6H3. The molecule has 0 amide bonds. The second kappa shape index (κ2) is 9.79. The molecule has 0 saturated carbocycles. The molecule has 0 aliphatic rings. The summed E-state index contributed by atoms with van der Waals surface area (Å²) >= 11 is 0. The molecule has 0 unspecified atom stereocenters. The van der Waals surface area contributed by atoms with Crippen molar-refractivity contribution in [3.63, 3.8) is 0 Å². The predicted molar refractivity (Wildman–Crippen MR) is 153 cm³/mol. The normalized spacial score (nSPS) is 11.1. The second-order valence-corrected chi connectivity index (χ2v) is 9.82. The average molecular weight is 503 g/mol. The number of hydrogen-bond donors (Lipinski definition) is 0. The summed E-state index contributed by atoms with van der Waals surface area (Å²) in [7, 11) is 0. The number of fused-ring (bicyclic) bond motifs is 2. The fourth-order valence-electron chi connectivity index (χ4n) is 5.12. The summed E-state index contributed by atoms with van der Waals surface area (Å²) in [5.41, 5.74) is 6.54. The Morgan fingerprint density at radius 1 is 0.421 bits per heavy atom. The molecule has 0 heterocycles. The van der Waals surface area contributed by atoms with Crippen LogP contribution in [0.5, 0.6) is 11.5 Å². The van der Waals surface area contributed by atoms with Gasteiger partial charge >= 0.3 is 11.9 Å². The molecule has 0 fully saturated rings. The first-order chi connectivity index (χ1) is 18.2. The average Bonchev–Trinajstić information content (AvgIpc) is 2.95. The van der Waals surface area contributed by atoms with E-state index in [0.717, 1.165) is 54.9 Å². The van der Waals surface area contributed by atoms with Gasteiger partial charge < -0.3 is 9.47 Å². The molecular weight excluding hydrogens is 472 g/mol. The maximum absolute atomic E-state index is 13.5. The molecule has 5 rings (SSSR count). The lowest BCUT2D eigenvalue weighted by molar-refractivity contribution is 0.0693. The topological polar surface area (TPSA) is 52.6 Å². The van der Waals surface area contributed by atoms with Crippen molar-refractivity contribution in [3.05, 3.63) is 117 Å². The molecule has 38 heavy (non-hydrogen) atoms. The van der Waals surface area contributed by atoms with E-state index in [1.807, 2.05) is 76.2 Å². The summed E-state index contributed by atoms with van der Waals surface area (Å²) in [6.45, 7) is 12.1. The lowest BCUT2D eigenvalue weighted by atomic mass is 9.95. The summed E-state index contributed by atoms with van der Waals surface area (Å²) in [5.74, 6) is -0.188. The van der Waals surface area contributed by atoms with Gasteiger partial charge in [0.2, 0.25) is 0 Å². The van der Waals surface area contributed by atoms with Gasteiger partial charge in [-0.15, -0.1) is 0 Å². The number of rotatable bonds is 4.